The molecule has 0 unspecified atom stereocenters. The van der Waals surface area contributed by atoms with E-state index in [9.17, 15) is 9.59 Å². The van der Waals surface area contributed by atoms with Crippen molar-refractivity contribution in [2.45, 2.75) is 38.9 Å². The number of nitrogens with one attached hydrogen (secondary N) is 1. The molecular weight excluding hydrogens is 326 g/mol. The molecule has 0 saturated heterocycles. The molecule has 0 spiro atoms. The molecule has 0 saturated carbocycles. The predicted octanol–water partition coefficient (Wildman–Crippen LogP) is 2.65. The summed E-state index contributed by atoms with van der Waals surface area (Å²) in [6.45, 7) is 6.46. The van der Waals surface area contributed by atoms with Crippen LogP contribution in [0.5, 0.6) is 0 Å². The fourth-order valence-electron chi connectivity index (χ4n) is 2.01. The number of aromatic nitrogens is 4. The van der Waals surface area contributed by atoms with Crippen LogP contribution in [0.1, 0.15) is 37.6 Å². The Labute approximate surface area is 145 Å². The molecule has 128 valence electrons. The highest BCUT2D eigenvalue weighted by molar-refractivity contribution is 7.99. The Morgan fingerprint density at radius 3 is 2.58 bits per heavy atom. The number of nitrogens with zero attached hydrogens (tertiary/aromatic N) is 4. The summed E-state index contributed by atoms with van der Waals surface area (Å²) >= 11 is 1.46. The van der Waals surface area contributed by atoms with Gasteiger partial charge in [0.15, 0.2) is 5.78 Å². The van der Waals surface area contributed by atoms with Crippen LogP contribution in [0.4, 0.5) is 5.69 Å². The molecule has 8 heteroatoms. The van der Waals surface area contributed by atoms with Gasteiger partial charge in [0.05, 0.1) is 0 Å². The number of carbonyl (C=O) groups excluding carboxylic acids is 2. The van der Waals surface area contributed by atoms with E-state index in [-0.39, 0.29) is 11.7 Å². The molecule has 2 aromatic rings. The number of hydrogen-bond acceptors (Lipinski definition) is 6. The van der Waals surface area contributed by atoms with Crippen LogP contribution in [0, 0.1) is 5.92 Å². The van der Waals surface area contributed by atoms with Crippen LogP contribution >= 0.6 is 11.8 Å². The number of thioether (sulfide) groups is 1. The maximum Gasteiger partial charge on any atom is 0.225 e. The summed E-state index contributed by atoms with van der Waals surface area (Å²) in [5.74, 6) is 0.967. The average molecular weight is 347 g/mol. The Kier molecular flexibility index (Phi) is 6.48. The van der Waals surface area contributed by atoms with Crippen molar-refractivity contribution in [2.75, 3.05) is 11.1 Å². The number of hydrogen-bond donors (Lipinski definition) is 1. The first kappa shape index (κ1) is 18.1. The van der Waals surface area contributed by atoms with Crippen molar-refractivity contribution in [3.63, 3.8) is 0 Å². The summed E-state index contributed by atoms with van der Waals surface area (Å²) in [5.41, 5.74) is 1.31. The quantitative estimate of drug-likeness (QED) is 0.583. The number of anilines is 1. The molecular formula is C16H21N5O2S. The van der Waals surface area contributed by atoms with Crippen molar-refractivity contribution in [1.29, 1.82) is 0 Å². The van der Waals surface area contributed by atoms with E-state index < -0.39 is 0 Å². The minimum atomic E-state index is -0.0824. The lowest BCUT2D eigenvalue weighted by Gasteiger charge is -2.07. The molecule has 1 aromatic carbocycles. The number of carbonyl (C=O) groups is 2. The van der Waals surface area contributed by atoms with Crippen LogP contribution in [0.25, 0.3) is 0 Å². The highest BCUT2D eigenvalue weighted by Gasteiger charge is 2.10. The SMILES string of the molecule is CC(=O)c1ccc(NC(=O)CCSc2nnnn2CC(C)C)cc1. The van der Waals surface area contributed by atoms with Crippen molar-refractivity contribution < 1.29 is 9.59 Å². The van der Waals surface area contributed by atoms with Gasteiger partial charge in [-0.15, -0.1) is 5.10 Å². The zero-order valence-electron chi connectivity index (χ0n) is 14.0. The number of amides is 1. The van der Waals surface area contributed by atoms with Gasteiger partial charge in [-0.1, -0.05) is 25.6 Å². The Morgan fingerprint density at radius 2 is 1.96 bits per heavy atom. The fourth-order valence-corrected chi connectivity index (χ4v) is 2.83. The van der Waals surface area contributed by atoms with Gasteiger partial charge in [-0.05, 0) is 47.5 Å². The Bertz CT molecular complexity index is 697. The molecule has 0 fully saturated rings. The average Bonchev–Trinajstić information content (AvgIpc) is 2.94. The van der Waals surface area contributed by atoms with Crippen molar-refractivity contribution >= 4 is 29.1 Å². The molecule has 0 bridgehead atoms. The molecule has 0 aliphatic carbocycles. The second-order valence-corrected chi connectivity index (χ2v) is 6.88. The fraction of sp³-hybridized carbons (Fsp3) is 0.438. The molecule has 0 aliphatic heterocycles. The summed E-state index contributed by atoms with van der Waals surface area (Å²) in [4.78, 5) is 23.2. The minimum Gasteiger partial charge on any atom is -0.326 e. The van der Waals surface area contributed by atoms with Gasteiger partial charge in [0.25, 0.3) is 0 Å². The first-order valence-corrected chi connectivity index (χ1v) is 8.74. The van der Waals surface area contributed by atoms with Crippen LogP contribution in [-0.4, -0.2) is 37.7 Å². The van der Waals surface area contributed by atoms with Crippen molar-refractivity contribution in [3.8, 4) is 0 Å². The number of rotatable bonds is 8. The first-order valence-electron chi connectivity index (χ1n) is 7.75. The predicted molar refractivity (Wildman–Crippen MR) is 93.1 cm³/mol. The van der Waals surface area contributed by atoms with Crippen molar-refractivity contribution in [2.24, 2.45) is 5.92 Å². The van der Waals surface area contributed by atoms with E-state index in [4.69, 9.17) is 0 Å². The van der Waals surface area contributed by atoms with Crippen LogP contribution < -0.4 is 5.32 Å². The summed E-state index contributed by atoms with van der Waals surface area (Å²) < 4.78 is 1.76. The largest absolute Gasteiger partial charge is 0.326 e. The maximum absolute atomic E-state index is 12.0. The number of benzene rings is 1. The van der Waals surface area contributed by atoms with Gasteiger partial charge in [0.2, 0.25) is 11.1 Å². The lowest BCUT2D eigenvalue weighted by Crippen LogP contribution is -2.13. The van der Waals surface area contributed by atoms with Gasteiger partial charge in [-0.2, -0.15) is 0 Å². The van der Waals surface area contributed by atoms with E-state index in [2.05, 4.69) is 34.7 Å². The van der Waals surface area contributed by atoms with Crippen LogP contribution in [0.2, 0.25) is 0 Å². The Balaban J connectivity index is 1.79. The molecule has 2 rings (SSSR count). The van der Waals surface area contributed by atoms with Gasteiger partial charge in [-0.3, -0.25) is 9.59 Å². The van der Waals surface area contributed by atoms with Gasteiger partial charge >= 0.3 is 0 Å². The van der Waals surface area contributed by atoms with E-state index in [1.165, 1.54) is 18.7 Å². The second kappa shape index (κ2) is 8.58. The molecule has 1 aromatic heterocycles. The summed E-state index contributed by atoms with van der Waals surface area (Å²) in [6, 6.07) is 6.86. The Morgan fingerprint density at radius 1 is 1.25 bits per heavy atom. The summed E-state index contributed by atoms with van der Waals surface area (Å²) in [7, 11) is 0. The summed E-state index contributed by atoms with van der Waals surface area (Å²) in [6.07, 6.45) is 0.355. The number of tetrazole rings is 1. The molecule has 0 atom stereocenters. The molecule has 1 N–H and O–H groups in total. The van der Waals surface area contributed by atoms with E-state index in [0.29, 0.717) is 29.3 Å². The first-order chi connectivity index (χ1) is 11.5. The monoisotopic (exact) mass is 347 g/mol. The van der Waals surface area contributed by atoms with Gasteiger partial charge in [0, 0.05) is 30.0 Å². The van der Waals surface area contributed by atoms with Gasteiger partial charge in [-0.25, -0.2) is 4.68 Å². The van der Waals surface area contributed by atoms with E-state index >= 15 is 0 Å². The third-order valence-electron chi connectivity index (χ3n) is 3.17. The normalized spacial score (nSPS) is 10.8. The third kappa shape index (κ3) is 5.45. The lowest BCUT2D eigenvalue weighted by molar-refractivity contribution is -0.115. The third-order valence-corrected chi connectivity index (χ3v) is 4.13. The van der Waals surface area contributed by atoms with E-state index in [1.54, 1.807) is 28.9 Å². The van der Waals surface area contributed by atoms with Gasteiger partial charge < -0.3 is 5.32 Å². The summed E-state index contributed by atoms with van der Waals surface area (Å²) in [5, 5.41) is 15.1. The zero-order valence-corrected chi connectivity index (χ0v) is 14.8. The van der Waals surface area contributed by atoms with Gasteiger partial charge in [0.1, 0.15) is 0 Å². The Hall–Kier alpha value is -2.22. The molecule has 0 radical (unpaired) electrons. The highest BCUT2D eigenvalue weighted by atomic mass is 32.2. The maximum atomic E-state index is 12.0. The van der Waals surface area contributed by atoms with Crippen LogP contribution in [-0.2, 0) is 11.3 Å². The molecule has 1 heterocycles. The molecule has 24 heavy (non-hydrogen) atoms. The van der Waals surface area contributed by atoms with Crippen molar-refractivity contribution in [1.82, 2.24) is 20.2 Å². The van der Waals surface area contributed by atoms with Crippen molar-refractivity contribution in [3.05, 3.63) is 29.8 Å². The smallest absolute Gasteiger partial charge is 0.225 e. The minimum absolute atomic E-state index is 0.00314. The molecule has 1 amide bonds. The molecule has 7 nitrogen and oxygen atoms in total. The van der Waals surface area contributed by atoms with Crippen LogP contribution in [0.15, 0.2) is 29.4 Å². The highest BCUT2D eigenvalue weighted by Crippen LogP contribution is 2.17. The lowest BCUT2D eigenvalue weighted by atomic mass is 10.1. The number of ketones is 1. The number of Topliss-reactive ketones (excluding diaryl/α,β-unsaturated/α-hetero) is 1. The van der Waals surface area contributed by atoms with E-state index in [1.807, 2.05) is 0 Å². The zero-order chi connectivity index (χ0) is 17.5. The van der Waals surface area contributed by atoms with Crippen LogP contribution in [0.3, 0.4) is 0 Å². The standard InChI is InChI=1S/C16H21N5O2S/c1-11(2)10-21-16(18-19-20-21)24-9-8-15(23)17-14-6-4-13(5-7-14)12(3)22/h4-7,11H,8-10H2,1-3H3,(H,17,23). The topological polar surface area (TPSA) is 89.8 Å². The second-order valence-electron chi connectivity index (χ2n) is 5.82. The molecule has 0 aliphatic rings. The van der Waals surface area contributed by atoms with E-state index in [0.717, 1.165) is 11.7 Å².